The van der Waals surface area contributed by atoms with Crippen molar-refractivity contribution < 1.29 is 14.0 Å². The predicted octanol–water partition coefficient (Wildman–Crippen LogP) is 6.20. The molecule has 0 saturated carbocycles. The number of methoxy groups -OCH3 is 1. The van der Waals surface area contributed by atoms with E-state index < -0.39 is 19.8 Å². The summed E-state index contributed by atoms with van der Waals surface area (Å²) < 4.78 is 13.6. The van der Waals surface area contributed by atoms with Gasteiger partial charge in [0.2, 0.25) is 0 Å². The summed E-state index contributed by atoms with van der Waals surface area (Å²) in [5.41, 5.74) is 7.86. The van der Waals surface area contributed by atoms with Gasteiger partial charge in [0.15, 0.2) is 8.32 Å². The molecule has 0 spiro atoms. The van der Waals surface area contributed by atoms with E-state index in [2.05, 4.69) is 49.8 Å². The maximum absolute atomic E-state index is 13.4. The zero-order chi connectivity index (χ0) is 24.7. The maximum Gasteiger partial charge on any atom is 0.345 e. The van der Waals surface area contributed by atoms with E-state index in [1.807, 2.05) is 43.3 Å². The number of hydrogen-bond donors (Lipinski definition) is 1. The molecule has 1 heterocycles. The van der Waals surface area contributed by atoms with E-state index in [4.69, 9.17) is 14.9 Å². The van der Waals surface area contributed by atoms with Gasteiger partial charge in [-0.1, -0.05) is 48.8 Å². The SMILES string of the molecule is COC(=O)c1c(N)c2ccc(Br)cc2n(-c2ccc(C(C)O[Si](C)(C)C(C)(C)C)cc2)c1=O. The van der Waals surface area contributed by atoms with Gasteiger partial charge in [0.05, 0.1) is 24.4 Å². The van der Waals surface area contributed by atoms with Crippen LogP contribution in [0.5, 0.6) is 0 Å². The number of rotatable bonds is 5. The lowest BCUT2D eigenvalue weighted by Crippen LogP contribution is -2.41. The molecule has 0 radical (unpaired) electrons. The molecule has 1 aromatic heterocycles. The van der Waals surface area contributed by atoms with E-state index in [0.717, 1.165) is 10.0 Å². The summed E-state index contributed by atoms with van der Waals surface area (Å²) in [7, 11) is -0.704. The summed E-state index contributed by atoms with van der Waals surface area (Å²) in [4.78, 5) is 25.7. The summed E-state index contributed by atoms with van der Waals surface area (Å²) in [6, 6.07) is 13.0. The number of carbonyl (C=O) groups excluding carboxylic acids is 1. The van der Waals surface area contributed by atoms with Crippen LogP contribution in [0.2, 0.25) is 18.1 Å². The van der Waals surface area contributed by atoms with Gasteiger partial charge in [0.1, 0.15) is 5.56 Å². The lowest BCUT2D eigenvalue weighted by atomic mass is 10.1. The molecular formula is C25H31BrN2O4Si. The van der Waals surface area contributed by atoms with Crippen LogP contribution in [0.3, 0.4) is 0 Å². The molecule has 2 aromatic carbocycles. The third-order valence-electron chi connectivity index (χ3n) is 6.46. The standard InChI is InChI=1S/C25H31BrN2O4Si/c1-15(32-33(6,7)25(2,3)4)16-8-11-18(12-9-16)28-20-14-17(26)10-13-19(20)22(27)21(23(28)29)24(30)31-5/h8-15H,27H2,1-7H3. The number of carbonyl (C=O) groups is 1. The Morgan fingerprint density at radius 2 is 1.73 bits per heavy atom. The number of anilines is 1. The van der Waals surface area contributed by atoms with Crippen LogP contribution in [0.15, 0.2) is 51.7 Å². The summed E-state index contributed by atoms with van der Waals surface area (Å²) >= 11 is 3.46. The lowest BCUT2D eigenvalue weighted by molar-refractivity contribution is 0.0600. The van der Waals surface area contributed by atoms with Gasteiger partial charge in [-0.25, -0.2) is 4.79 Å². The molecule has 2 N–H and O–H groups in total. The molecule has 0 saturated heterocycles. The average molecular weight is 532 g/mol. The maximum atomic E-state index is 13.4. The van der Waals surface area contributed by atoms with E-state index in [1.54, 1.807) is 6.07 Å². The molecule has 0 aliphatic rings. The second-order valence-corrected chi connectivity index (χ2v) is 15.4. The summed E-state index contributed by atoms with van der Waals surface area (Å²) in [5, 5.41) is 0.701. The third-order valence-corrected chi connectivity index (χ3v) is 11.5. The molecule has 0 aliphatic carbocycles. The number of fused-ring (bicyclic) bond motifs is 1. The number of benzene rings is 2. The normalized spacial score (nSPS) is 13.2. The fraction of sp³-hybridized carbons (Fsp3) is 0.360. The Bertz CT molecular complexity index is 1260. The van der Waals surface area contributed by atoms with Crippen molar-refractivity contribution in [3.8, 4) is 5.69 Å². The molecule has 1 unspecified atom stereocenters. The summed E-state index contributed by atoms with van der Waals surface area (Å²) in [5.74, 6) is -0.760. The number of nitrogens with zero attached hydrogens (tertiary/aromatic N) is 1. The number of halogens is 1. The number of ether oxygens (including phenoxy) is 1. The van der Waals surface area contributed by atoms with Crippen molar-refractivity contribution in [3.05, 3.63) is 68.4 Å². The van der Waals surface area contributed by atoms with E-state index in [0.29, 0.717) is 16.6 Å². The van der Waals surface area contributed by atoms with E-state index in [-0.39, 0.29) is 22.4 Å². The number of pyridine rings is 1. The molecule has 3 rings (SSSR count). The molecule has 33 heavy (non-hydrogen) atoms. The topological polar surface area (TPSA) is 83.6 Å². The van der Waals surface area contributed by atoms with Crippen LogP contribution >= 0.6 is 15.9 Å². The molecule has 176 valence electrons. The molecule has 0 bridgehead atoms. The van der Waals surface area contributed by atoms with E-state index in [9.17, 15) is 9.59 Å². The van der Waals surface area contributed by atoms with Crippen molar-refractivity contribution >= 4 is 46.8 Å². The first-order chi connectivity index (χ1) is 15.3. The fourth-order valence-electron chi connectivity index (χ4n) is 3.53. The largest absolute Gasteiger partial charge is 0.465 e. The average Bonchev–Trinajstić information content (AvgIpc) is 2.72. The molecule has 0 aliphatic heterocycles. The smallest absolute Gasteiger partial charge is 0.345 e. The number of nitrogen functional groups attached to an aromatic ring is 1. The van der Waals surface area contributed by atoms with Gasteiger partial charge in [0.25, 0.3) is 5.56 Å². The van der Waals surface area contributed by atoms with Gasteiger partial charge in [-0.15, -0.1) is 0 Å². The van der Waals surface area contributed by atoms with Crippen molar-refractivity contribution in [2.24, 2.45) is 0 Å². The molecule has 0 fully saturated rings. The molecule has 0 amide bonds. The van der Waals surface area contributed by atoms with E-state index in [1.165, 1.54) is 11.7 Å². The van der Waals surface area contributed by atoms with Crippen LogP contribution < -0.4 is 11.3 Å². The second-order valence-electron chi connectivity index (χ2n) is 9.69. The Morgan fingerprint density at radius 1 is 1.12 bits per heavy atom. The molecule has 3 aromatic rings. The number of nitrogens with two attached hydrogens (primary N) is 1. The second kappa shape index (κ2) is 9.08. The minimum atomic E-state index is -1.94. The Balaban J connectivity index is 2.13. The number of esters is 1. The highest BCUT2D eigenvalue weighted by Crippen LogP contribution is 2.39. The quantitative estimate of drug-likeness (QED) is 0.313. The van der Waals surface area contributed by atoms with Crippen molar-refractivity contribution in [1.29, 1.82) is 0 Å². The Kier molecular flexibility index (Phi) is 6.93. The van der Waals surface area contributed by atoms with Crippen molar-refractivity contribution in [2.45, 2.75) is 51.9 Å². The first-order valence-electron chi connectivity index (χ1n) is 10.8. The van der Waals surface area contributed by atoms with Crippen molar-refractivity contribution in [2.75, 3.05) is 12.8 Å². The van der Waals surface area contributed by atoms with Crippen LogP contribution in [0, 0.1) is 0 Å². The van der Waals surface area contributed by atoms with Crippen LogP contribution in [-0.4, -0.2) is 26.0 Å². The van der Waals surface area contributed by atoms with Crippen LogP contribution in [0.1, 0.15) is 49.7 Å². The highest BCUT2D eigenvalue weighted by Gasteiger charge is 2.38. The number of hydrogen-bond acceptors (Lipinski definition) is 5. The van der Waals surface area contributed by atoms with Gasteiger partial charge < -0.3 is 14.9 Å². The minimum absolute atomic E-state index is 0.0837. The highest BCUT2D eigenvalue weighted by molar-refractivity contribution is 9.10. The zero-order valence-corrected chi connectivity index (χ0v) is 22.7. The highest BCUT2D eigenvalue weighted by atomic mass is 79.9. The number of aromatic nitrogens is 1. The molecule has 1 atom stereocenters. The molecule has 8 heteroatoms. The third kappa shape index (κ3) is 4.78. The predicted molar refractivity (Wildman–Crippen MR) is 140 cm³/mol. The summed E-state index contributed by atoms with van der Waals surface area (Å²) in [6.45, 7) is 13.1. The van der Waals surface area contributed by atoms with Gasteiger partial charge in [-0.3, -0.25) is 9.36 Å². The van der Waals surface area contributed by atoms with Gasteiger partial charge in [-0.05, 0) is 61.0 Å². The molecule has 6 nitrogen and oxygen atoms in total. The van der Waals surface area contributed by atoms with Crippen LogP contribution in [-0.2, 0) is 9.16 Å². The first-order valence-corrected chi connectivity index (χ1v) is 14.5. The minimum Gasteiger partial charge on any atom is -0.465 e. The fourth-order valence-corrected chi connectivity index (χ4v) is 5.25. The van der Waals surface area contributed by atoms with Gasteiger partial charge in [-0.2, -0.15) is 0 Å². The Hall–Kier alpha value is -2.42. The summed E-state index contributed by atoms with van der Waals surface area (Å²) in [6.07, 6.45) is -0.0837. The van der Waals surface area contributed by atoms with Crippen LogP contribution in [0.25, 0.3) is 16.6 Å². The van der Waals surface area contributed by atoms with Gasteiger partial charge >= 0.3 is 5.97 Å². The Labute approximate surface area is 204 Å². The van der Waals surface area contributed by atoms with Crippen LogP contribution in [0.4, 0.5) is 5.69 Å². The van der Waals surface area contributed by atoms with Crippen molar-refractivity contribution in [1.82, 2.24) is 4.57 Å². The Morgan fingerprint density at radius 3 is 2.27 bits per heavy atom. The lowest BCUT2D eigenvalue weighted by Gasteiger charge is -2.38. The zero-order valence-electron chi connectivity index (χ0n) is 20.2. The first kappa shape index (κ1) is 25.2. The molecular weight excluding hydrogens is 500 g/mol. The monoisotopic (exact) mass is 530 g/mol. The van der Waals surface area contributed by atoms with E-state index >= 15 is 0 Å². The van der Waals surface area contributed by atoms with Crippen molar-refractivity contribution in [3.63, 3.8) is 0 Å². The van der Waals surface area contributed by atoms with Gasteiger partial charge in [0, 0.05) is 15.5 Å².